The topological polar surface area (TPSA) is 83.5 Å². The van der Waals surface area contributed by atoms with Gasteiger partial charge < -0.3 is 5.11 Å². The number of anilines is 1. The van der Waals surface area contributed by atoms with Gasteiger partial charge in [-0.25, -0.2) is 13.2 Å². The first-order valence-electron chi connectivity index (χ1n) is 6.44. The number of hydrogen-bond acceptors (Lipinski definition) is 3. The van der Waals surface area contributed by atoms with Crippen LogP contribution in [0.2, 0.25) is 5.02 Å². The second kappa shape index (κ2) is 6.51. The molecule has 2 rings (SSSR count). The van der Waals surface area contributed by atoms with Gasteiger partial charge in [0.05, 0.1) is 16.1 Å². The Bertz CT molecular complexity index is 897. The molecule has 0 spiro atoms. The van der Waals surface area contributed by atoms with Crippen LogP contribution in [0.25, 0.3) is 0 Å². The van der Waals surface area contributed by atoms with Crippen molar-refractivity contribution in [1.29, 1.82) is 0 Å². The second-order valence-electron chi connectivity index (χ2n) is 4.97. The van der Waals surface area contributed by atoms with Gasteiger partial charge >= 0.3 is 5.97 Å². The van der Waals surface area contributed by atoms with Crippen molar-refractivity contribution in [3.05, 3.63) is 56.5 Å². The first-order chi connectivity index (χ1) is 10.6. The number of sulfonamides is 1. The molecule has 2 aromatic rings. The van der Waals surface area contributed by atoms with E-state index in [1.165, 1.54) is 18.2 Å². The lowest BCUT2D eigenvalue weighted by atomic mass is 10.2. The second-order valence-corrected chi connectivity index (χ2v) is 7.94. The Morgan fingerprint density at radius 3 is 2.43 bits per heavy atom. The molecule has 0 fully saturated rings. The van der Waals surface area contributed by atoms with E-state index >= 15 is 0 Å². The lowest BCUT2D eigenvalue weighted by molar-refractivity contribution is 0.0698. The molecule has 0 amide bonds. The van der Waals surface area contributed by atoms with E-state index in [2.05, 4.69) is 20.7 Å². The zero-order valence-electron chi connectivity index (χ0n) is 12.2. The fourth-order valence-electron chi connectivity index (χ4n) is 2.03. The Morgan fingerprint density at radius 2 is 1.83 bits per heavy atom. The van der Waals surface area contributed by atoms with E-state index in [1.807, 2.05) is 0 Å². The average molecular weight is 419 g/mol. The molecule has 0 aliphatic carbocycles. The highest BCUT2D eigenvalue weighted by Crippen LogP contribution is 2.28. The highest BCUT2D eigenvalue weighted by atomic mass is 79.9. The number of benzene rings is 2. The van der Waals surface area contributed by atoms with E-state index < -0.39 is 16.0 Å². The number of carboxylic acids is 1. The zero-order chi connectivity index (χ0) is 17.4. The van der Waals surface area contributed by atoms with Gasteiger partial charge in [-0.05, 0) is 55.3 Å². The summed E-state index contributed by atoms with van der Waals surface area (Å²) in [7, 11) is -3.94. The highest BCUT2D eigenvalue weighted by molar-refractivity contribution is 9.10. The molecule has 0 aliphatic heterocycles. The third-order valence-electron chi connectivity index (χ3n) is 3.20. The molecule has 0 saturated heterocycles. The minimum atomic E-state index is -3.94. The predicted octanol–water partition coefficient (Wildman–Crippen LogP) is 4.22. The summed E-state index contributed by atoms with van der Waals surface area (Å²) >= 11 is 9.15. The lowest BCUT2D eigenvalue weighted by Gasteiger charge is -2.14. The first kappa shape index (κ1) is 17.8. The monoisotopic (exact) mass is 417 g/mol. The molecule has 0 heterocycles. The number of carbonyl (C=O) groups is 1. The van der Waals surface area contributed by atoms with Crippen molar-refractivity contribution in [3.8, 4) is 0 Å². The van der Waals surface area contributed by atoms with Gasteiger partial charge in [-0.15, -0.1) is 0 Å². The number of aromatic carboxylic acids is 1. The molecule has 0 bridgehead atoms. The van der Waals surface area contributed by atoms with Crippen LogP contribution in [0.15, 0.2) is 39.7 Å². The Labute approximate surface area is 147 Å². The number of nitrogens with one attached hydrogen (secondary N) is 1. The summed E-state index contributed by atoms with van der Waals surface area (Å²) < 4.78 is 28.0. The summed E-state index contributed by atoms with van der Waals surface area (Å²) in [5, 5.41) is 9.69. The van der Waals surface area contributed by atoms with Crippen LogP contribution in [0.3, 0.4) is 0 Å². The number of aryl methyl sites for hydroxylation is 2. The maximum atomic E-state index is 12.6. The maximum Gasteiger partial charge on any atom is 0.337 e. The van der Waals surface area contributed by atoms with Crippen molar-refractivity contribution in [2.75, 3.05) is 4.72 Å². The summed E-state index contributed by atoms with van der Waals surface area (Å²) in [6, 6.07) is 7.30. The Balaban J connectivity index is 2.52. The smallest absolute Gasteiger partial charge is 0.337 e. The molecule has 0 saturated carbocycles. The van der Waals surface area contributed by atoms with Crippen LogP contribution >= 0.6 is 27.5 Å². The van der Waals surface area contributed by atoms with Crippen LogP contribution in [0.5, 0.6) is 0 Å². The fourth-order valence-corrected chi connectivity index (χ4v) is 4.00. The van der Waals surface area contributed by atoms with Gasteiger partial charge in [0.2, 0.25) is 0 Å². The third kappa shape index (κ3) is 3.85. The summed E-state index contributed by atoms with van der Waals surface area (Å²) in [5.41, 5.74) is 0.938. The van der Waals surface area contributed by atoms with Crippen LogP contribution in [-0.4, -0.2) is 19.5 Å². The lowest BCUT2D eigenvalue weighted by Crippen LogP contribution is -2.17. The molecule has 2 aromatic carbocycles. The van der Waals surface area contributed by atoms with Gasteiger partial charge in [-0.3, -0.25) is 4.72 Å². The van der Waals surface area contributed by atoms with Crippen molar-refractivity contribution in [3.63, 3.8) is 0 Å². The number of halogens is 2. The standard InChI is InChI=1S/C15H13BrClNO4S/c1-8-6-14(9(2)5-12(8)17)23(21,22)18-13-4-3-10(16)7-11(13)15(19)20/h3-7,18H,1-2H3,(H,19,20). The normalized spacial score (nSPS) is 11.3. The Hall–Kier alpha value is -1.57. The van der Waals surface area contributed by atoms with E-state index in [0.29, 0.717) is 20.6 Å². The molecule has 0 atom stereocenters. The van der Waals surface area contributed by atoms with E-state index in [4.69, 9.17) is 11.6 Å². The van der Waals surface area contributed by atoms with Crippen molar-refractivity contribution >= 4 is 49.2 Å². The molecular weight excluding hydrogens is 406 g/mol. The van der Waals surface area contributed by atoms with Crippen molar-refractivity contribution < 1.29 is 18.3 Å². The van der Waals surface area contributed by atoms with Gasteiger partial charge in [0.25, 0.3) is 10.0 Å². The van der Waals surface area contributed by atoms with Crippen LogP contribution in [0.4, 0.5) is 5.69 Å². The molecule has 0 unspecified atom stereocenters. The third-order valence-corrected chi connectivity index (χ3v) is 5.61. The van der Waals surface area contributed by atoms with Gasteiger partial charge in [0, 0.05) is 9.50 Å². The minimum Gasteiger partial charge on any atom is -0.478 e. The van der Waals surface area contributed by atoms with Gasteiger partial charge in [-0.2, -0.15) is 0 Å². The molecule has 0 aromatic heterocycles. The zero-order valence-corrected chi connectivity index (χ0v) is 15.4. The van der Waals surface area contributed by atoms with E-state index in [9.17, 15) is 18.3 Å². The van der Waals surface area contributed by atoms with Crippen LogP contribution in [0.1, 0.15) is 21.5 Å². The SMILES string of the molecule is Cc1cc(S(=O)(=O)Nc2ccc(Br)cc2C(=O)O)c(C)cc1Cl. The van der Waals surface area contributed by atoms with Gasteiger partial charge in [0.1, 0.15) is 0 Å². The van der Waals surface area contributed by atoms with Crippen molar-refractivity contribution in [1.82, 2.24) is 0 Å². The highest BCUT2D eigenvalue weighted by Gasteiger charge is 2.21. The van der Waals surface area contributed by atoms with Crippen LogP contribution < -0.4 is 4.72 Å². The largest absolute Gasteiger partial charge is 0.478 e. The quantitative estimate of drug-likeness (QED) is 0.779. The number of rotatable bonds is 4. The molecule has 122 valence electrons. The van der Waals surface area contributed by atoms with E-state index in [1.54, 1.807) is 26.0 Å². The maximum absolute atomic E-state index is 12.6. The molecule has 23 heavy (non-hydrogen) atoms. The summed E-state index contributed by atoms with van der Waals surface area (Å²) in [4.78, 5) is 11.3. The van der Waals surface area contributed by atoms with Crippen LogP contribution in [0, 0.1) is 13.8 Å². The van der Waals surface area contributed by atoms with Crippen molar-refractivity contribution in [2.24, 2.45) is 0 Å². The Morgan fingerprint density at radius 1 is 1.17 bits per heavy atom. The van der Waals surface area contributed by atoms with E-state index in [0.717, 1.165) is 0 Å². The molecular formula is C15H13BrClNO4S. The summed E-state index contributed by atoms with van der Waals surface area (Å²) in [6.07, 6.45) is 0. The van der Waals surface area contributed by atoms with Gasteiger partial charge in [-0.1, -0.05) is 27.5 Å². The number of carboxylic acid groups (broad SMARTS) is 1. The molecule has 0 aliphatic rings. The predicted molar refractivity (Wildman–Crippen MR) is 92.8 cm³/mol. The molecule has 2 N–H and O–H groups in total. The fraction of sp³-hybridized carbons (Fsp3) is 0.133. The van der Waals surface area contributed by atoms with Gasteiger partial charge in [0.15, 0.2) is 0 Å². The molecule has 5 nitrogen and oxygen atoms in total. The molecule has 8 heteroatoms. The van der Waals surface area contributed by atoms with Crippen LogP contribution in [-0.2, 0) is 10.0 Å². The Kier molecular flexibility index (Phi) is 5.03. The molecule has 0 radical (unpaired) electrons. The minimum absolute atomic E-state index is 0.00676. The summed E-state index contributed by atoms with van der Waals surface area (Å²) in [6.45, 7) is 3.32. The van der Waals surface area contributed by atoms with Crippen molar-refractivity contribution in [2.45, 2.75) is 18.7 Å². The van der Waals surface area contributed by atoms with E-state index in [-0.39, 0.29) is 16.1 Å². The average Bonchev–Trinajstić information content (AvgIpc) is 2.44. The summed E-state index contributed by atoms with van der Waals surface area (Å²) in [5.74, 6) is -1.23. The first-order valence-corrected chi connectivity index (χ1v) is 9.09. The number of hydrogen-bond donors (Lipinski definition) is 2.